The summed E-state index contributed by atoms with van der Waals surface area (Å²) < 4.78 is 0. The van der Waals surface area contributed by atoms with Crippen LogP contribution in [0.3, 0.4) is 0 Å². The quantitative estimate of drug-likeness (QED) is 0.586. The largest absolute Gasteiger partial charge is 1.00 e. The van der Waals surface area contributed by atoms with Crippen LogP contribution in [0.25, 0.3) is 0 Å². The van der Waals surface area contributed by atoms with Gasteiger partial charge in [-0.05, 0) is 18.8 Å². The molecule has 1 saturated heterocycles. The molecule has 5 nitrogen and oxygen atoms in total. The first-order chi connectivity index (χ1) is 7.48. The molecule has 98 valence electrons. The number of amides is 4. The minimum absolute atomic E-state index is 0. The van der Waals surface area contributed by atoms with Crippen molar-refractivity contribution in [3.05, 3.63) is 0 Å². The van der Waals surface area contributed by atoms with E-state index in [9.17, 15) is 14.4 Å². The summed E-state index contributed by atoms with van der Waals surface area (Å²) in [5.74, 6) is -1.01. The number of barbiturate groups is 1. The second kappa shape index (κ2) is 6.00. The van der Waals surface area contributed by atoms with E-state index in [0.29, 0.717) is 6.42 Å². The minimum Gasteiger partial charge on any atom is -1.00 e. The van der Waals surface area contributed by atoms with Crippen molar-refractivity contribution in [2.75, 3.05) is 0 Å². The fraction of sp³-hybridized carbons (Fsp3) is 0.727. The first kappa shape index (κ1) is 15.9. The van der Waals surface area contributed by atoms with Gasteiger partial charge in [0.25, 0.3) is 0 Å². The van der Waals surface area contributed by atoms with Crippen molar-refractivity contribution in [1.29, 1.82) is 0 Å². The third-order valence-corrected chi connectivity index (χ3v) is 3.39. The Morgan fingerprint density at radius 2 is 1.59 bits per heavy atom. The van der Waals surface area contributed by atoms with Gasteiger partial charge in [0.05, 0.1) is 0 Å². The normalized spacial score (nSPS) is 20.1. The molecule has 6 heteroatoms. The molecule has 4 amide bonds. The zero-order chi connectivity index (χ0) is 12.3. The van der Waals surface area contributed by atoms with Crippen LogP contribution in [-0.4, -0.2) is 17.8 Å². The number of carbonyl (C=O) groups is 3. The summed E-state index contributed by atoms with van der Waals surface area (Å²) in [4.78, 5) is 34.8. The molecule has 1 heterocycles. The molecule has 0 radical (unpaired) electrons. The number of halogens is 1. The monoisotopic (exact) mass is 261 g/mol. The first-order valence-electron chi connectivity index (χ1n) is 5.65. The van der Waals surface area contributed by atoms with Gasteiger partial charge in [0.15, 0.2) is 0 Å². The molecule has 0 aromatic heterocycles. The van der Waals surface area contributed by atoms with Gasteiger partial charge in [-0.1, -0.05) is 27.2 Å². The minimum atomic E-state index is -1.09. The van der Waals surface area contributed by atoms with Crippen molar-refractivity contribution >= 4 is 17.8 Å². The van der Waals surface area contributed by atoms with Crippen LogP contribution in [0.2, 0.25) is 0 Å². The Morgan fingerprint density at radius 1 is 1.12 bits per heavy atom. The topological polar surface area (TPSA) is 75.3 Å². The Bertz CT molecular complexity index is 311. The van der Waals surface area contributed by atoms with Crippen LogP contribution in [0.4, 0.5) is 4.79 Å². The summed E-state index contributed by atoms with van der Waals surface area (Å²) in [5.41, 5.74) is -1.09. The standard InChI is InChI=1S/C11H18N2O3.ClH/c1-4-6-7(3)11(5-2)8(14)12-10(16)13-9(11)15;/h7H,4-6H2,1-3H3,(H2,12,13,14,15,16);1H/p-1. The second-order valence-electron chi connectivity index (χ2n) is 4.25. The fourth-order valence-corrected chi connectivity index (χ4v) is 2.36. The smallest absolute Gasteiger partial charge is 0.328 e. The summed E-state index contributed by atoms with van der Waals surface area (Å²) in [6, 6.07) is -0.720. The van der Waals surface area contributed by atoms with Gasteiger partial charge in [-0.15, -0.1) is 0 Å². The molecule has 0 aliphatic carbocycles. The Morgan fingerprint density at radius 3 is 1.94 bits per heavy atom. The van der Waals surface area contributed by atoms with Crippen molar-refractivity contribution in [1.82, 2.24) is 10.6 Å². The summed E-state index contributed by atoms with van der Waals surface area (Å²) in [5, 5.41) is 4.36. The van der Waals surface area contributed by atoms with Crippen LogP contribution in [0, 0.1) is 11.3 Å². The summed E-state index contributed by atoms with van der Waals surface area (Å²) >= 11 is 0. The zero-order valence-electron chi connectivity index (χ0n) is 10.3. The van der Waals surface area contributed by atoms with Crippen LogP contribution in [0.5, 0.6) is 0 Å². The molecule has 2 N–H and O–H groups in total. The van der Waals surface area contributed by atoms with Gasteiger partial charge in [-0.3, -0.25) is 20.2 Å². The van der Waals surface area contributed by atoms with Gasteiger partial charge in [-0.2, -0.15) is 0 Å². The van der Waals surface area contributed by atoms with E-state index in [0.717, 1.165) is 12.8 Å². The van der Waals surface area contributed by atoms with Crippen LogP contribution < -0.4 is 23.0 Å². The average molecular weight is 262 g/mol. The number of urea groups is 1. The summed E-state index contributed by atoms with van der Waals surface area (Å²) in [7, 11) is 0. The zero-order valence-corrected chi connectivity index (χ0v) is 11.1. The van der Waals surface area contributed by atoms with Gasteiger partial charge in [0.1, 0.15) is 5.41 Å². The lowest BCUT2D eigenvalue weighted by atomic mass is 9.70. The van der Waals surface area contributed by atoms with Crippen molar-refractivity contribution in [3.63, 3.8) is 0 Å². The lowest BCUT2D eigenvalue weighted by Gasteiger charge is -2.37. The third kappa shape index (κ3) is 2.60. The molecule has 0 spiro atoms. The average Bonchev–Trinajstić information content (AvgIpc) is 2.18. The van der Waals surface area contributed by atoms with Gasteiger partial charge in [0.2, 0.25) is 11.8 Å². The maximum absolute atomic E-state index is 11.9. The summed E-state index contributed by atoms with van der Waals surface area (Å²) in [6.07, 6.45) is 2.08. The Kier molecular flexibility index (Phi) is 5.61. The molecular weight excluding hydrogens is 244 g/mol. The molecule has 0 saturated carbocycles. The van der Waals surface area contributed by atoms with Gasteiger partial charge < -0.3 is 12.4 Å². The van der Waals surface area contributed by atoms with Crippen molar-refractivity contribution in [2.45, 2.75) is 40.0 Å². The highest BCUT2D eigenvalue weighted by Crippen LogP contribution is 2.36. The highest BCUT2D eigenvalue weighted by Gasteiger charge is 2.52. The second-order valence-corrected chi connectivity index (χ2v) is 4.25. The first-order valence-corrected chi connectivity index (χ1v) is 5.65. The summed E-state index contributed by atoms with van der Waals surface area (Å²) in [6.45, 7) is 5.67. The van der Waals surface area contributed by atoms with Crippen LogP contribution >= 0.6 is 0 Å². The molecular formula is C11H18ClN2O3-. The van der Waals surface area contributed by atoms with Gasteiger partial charge in [-0.25, -0.2) is 4.79 Å². The molecule has 1 atom stereocenters. The van der Waals surface area contributed by atoms with E-state index in [4.69, 9.17) is 0 Å². The van der Waals surface area contributed by atoms with Gasteiger partial charge >= 0.3 is 6.03 Å². The number of nitrogens with one attached hydrogen (secondary N) is 2. The SMILES string of the molecule is CCCC(C)C1(CC)C(=O)NC(=O)NC1=O.[Cl-]. The molecule has 17 heavy (non-hydrogen) atoms. The number of carbonyl (C=O) groups excluding carboxylic acids is 3. The molecule has 0 aromatic carbocycles. The van der Waals surface area contributed by atoms with Gasteiger partial charge in [0, 0.05) is 0 Å². The molecule has 1 fully saturated rings. The lowest BCUT2D eigenvalue weighted by molar-refractivity contribution is -0.148. The number of hydrogen-bond acceptors (Lipinski definition) is 3. The van der Waals surface area contributed by atoms with Crippen molar-refractivity contribution in [2.24, 2.45) is 11.3 Å². The predicted molar refractivity (Wildman–Crippen MR) is 58.5 cm³/mol. The molecule has 1 unspecified atom stereocenters. The number of imide groups is 2. The maximum atomic E-state index is 11.9. The molecule has 1 aliphatic rings. The van der Waals surface area contributed by atoms with E-state index in [2.05, 4.69) is 10.6 Å². The molecule has 1 aliphatic heterocycles. The highest BCUT2D eigenvalue weighted by molar-refractivity contribution is 6.19. The van der Waals surface area contributed by atoms with E-state index in [-0.39, 0.29) is 18.3 Å². The molecule has 1 rings (SSSR count). The molecule has 0 bridgehead atoms. The van der Waals surface area contributed by atoms with E-state index in [1.807, 2.05) is 13.8 Å². The molecule has 0 aromatic rings. The fourth-order valence-electron chi connectivity index (χ4n) is 2.36. The van der Waals surface area contributed by atoms with Crippen molar-refractivity contribution < 1.29 is 26.8 Å². The van der Waals surface area contributed by atoms with Crippen LogP contribution in [0.15, 0.2) is 0 Å². The maximum Gasteiger partial charge on any atom is 0.328 e. The Labute approximate surface area is 107 Å². The third-order valence-electron chi connectivity index (χ3n) is 3.39. The number of hydrogen-bond donors (Lipinski definition) is 2. The van der Waals surface area contributed by atoms with Crippen molar-refractivity contribution in [3.8, 4) is 0 Å². The lowest BCUT2D eigenvalue weighted by Crippen LogP contribution is -3.00. The van der Waals surface area contributed by atoms with Crippen LogP contribution in [-0.2, 0) is 9.59 Å². The number of rotatable bonds is 4. The predicted octanol–water partition coefficient (Wildman–Crippen LogP) is -1.81. The van der Waals surface area contributed by atoms with Crippen LogP contribution in [0.1, 0.15) is 40.0 Å². The van der Waals surface area contributed by atoms with E-state index in [1.54, 1.807) is 6.92 Å². The Balaban J connectivity index is 0.00000256. The van der Waals surface area contributed by atoms with E-state index < -0.39 is 23.3 Å². The highest BCUT2D eigenvalue weighted by atomic mass is 35.5. The van der Waals surface area contributed by atoms with E-state index in [1.165, 1.54) is 0 Å². The Hall–Kier alpha value is -1.10. The van der Waals surface area contributed by atoms with E-state index >= 15 is 0 Å².